The van der Waals surface area contributed by atoms with E-state index in [1.54, 1.807) is 27.4 Å². The highest BCUT2D eigenvalue weighted by Crippen LogP contribution is 2.27. The topological polar surface area (TPSA) is 78.4 Å². The molecular weight excluding hydrogens is 438 g/mol. The molecule has 0 saturated heterocycles. The monoisotopic (exact) mass is 481 g/mol. The van der Waals surface area contributed by atoms with Gasteiger partial charge < -0.3 is 19.9 Å². The number of ether oxygens (including phenoxy) is 3. The zero-order chi connectivity index (χ0) is 26.6. The summed E-state index contributed by atoms with van der Waals surface area (Å²) in [6, 6.07) is 11.5. The number of aryl methyl sites for hydroxylation is 1. The van der Waals surface area contributed by atoms with Crippen molar-refractivity contribution in [1.29, 1.82) is 0 Å². The molecule has 192 valence electrons. The molecule has 0 saturated carbocycles. The van der Waals surface area contributed by atoms with Crippen LogP contribution >= 0.6 is 0 Å². The second kappa shape index (κ2) is 19.3. The highest BCUT2D eigenvalue weighted by Gasteiger charge is 2.05. The van der Waals surface area contributed by atoms with E-state index >= 15 is 0 Å². The number of benzene rings is 2. The van der Waals surface area contributed by atoms with Gasteiger partial charge in [0.25, 0.3) is 0 Å². The Morgan fingerprint density at radius 2 is 1.66 bits per heavy atom. The number of azo groups is 1. The molecular formula is C29H43N3O3. The minimum absolute atomic E-state index is 0.453. The molecule has 35 heavy (non-hydrogen) atoms. The highest BCUT2D eigenvalue weighted by molar-refractivity contribution is 5.55. The normalized spacial score (nSPS) is 10.4. The quantitative estimate of drug-likeness (QED) is 0.212. The Bertz CT molecular complexity index is 975. The third-order valence-electron chi connectivity index (χ3n) is 4.75. The van der Waals surface area contributed by atoms with Gasteiger partial charge in [-0.2, -0.15) is 10.2 Å². The summed E-state index contributed by atoms with van der Waals surface area (Å²) in [6.07, 6.45) is 5.70. The van der Waals surface area contributed by atoms with Crippen molar-refractivity contribution in [1.82, 2.24) is 0 Å². The minimum atomic E-state index is 0.453. The lowest BCUT2D eigenvalue weighted by atomic mass is 10.1. The molecule has 0 atom stereocenters. The third kappa shape index (κ3) is 12.3. The molecule has 6 nitrogen and oxygen atoms in total. The van der Waals surface area contributed by atoms with Crippen molar-refractivity contribution < 1.29 is 14.2 Å². The lowest BCUT2D eigenvalue weighted by molar-refractivity contribution is 0.184. The number of hydrogen-bond acceptors (Lipinski definition) is 6. The van der Waals surface area contributed by atoms with E-state index in [0.29, 0.717) is 25.5 Å². The molecule has 0 radical (unpaired) electrons. The molecule has 0 amide bonds. The summed E-state index contributed by atoms with van der Waals surface area (Å²) < 4.78 is 15.4. The lowest BCUT2D eigenvalue weighted by Gasteiger charge is -2.08. The zero-order valence-electron chi connectivity index (χ0n) is 22.7. The summed E-state index contributed by atoms with van der Waals surface area (Å²) in [6.45, 7) is 15.4. The van der Waals surface area contributed by atoms with Crippen LogP contribution in [-0.2, 0) is 27.4 Å². The molecule has 2 aromatic carbocycles. The maximum atomic E-state index is 5.90. The molecule has 2 rings (SSSR count). The number of nitrogens with two attached hydrogens (primary N) is 1. The fourth-order valence-corrected chi connectivity index (χ4v) is 2.86. The molecule has 0 spiro atoms. The molecule has 0 heterocycles. The van der Waals surface area contributed by atoms with E-state index in [1.165, 1.54) is 11.1 Å². The number of rotatable bonds is 10. The van der Waals surface area contributed by atoms with E-state index < -0.39 is 0 Å². The Labute approximate surface area is 212 Å². The van der Waals surface area contributed by atoms with Gasteiger partial charge in [0.1, 0.15) is 0 Å². The van der Waals surface area contributed by atoms with Gasteiger partial charge in [0, 0.05) is 38.1 Å². The van der Waals surface area contributed by atoms with Crippen LogP contribution in [0.15, 0.2) is 82.6 Å². The fraction of sp³-hybridized carbons (Fsp3) is 0.379. The van der Waals surface area contributed by atoms with Gasteiger partial charge >= 0.3 is 0 Å². The zero-order valence-corrected chi connectivity index (χ0v) is 22.7. The summed E-state index contributed by atoms with van der Waals surface area (Å²) in [5.41, 5.74) is 13.7. The molecule has 0 aromatic heterocycles. The first-order valence-electron chi connectivity index (χ1n) is 11.7. The molecule has 0 aliphatic carbocycles. The van der Waals surface area contributed by atoms with Crippen LogP contribution in [0.1, 0.15) is 44.4 Å². The van der Waals surface area contributed by atoms with Crippen molar-refractivity contribution in [2.45, 2.75) is 47.8 Å². The lowest BCUT2D eigenvalue weighted by Crippen LogP contribution is -1.95. The fourth-order valence-electron chi connectivity index (χ4n) is 2.86. The molecule has 6 heteroatoms. The van der Waals surface area contributed by atoms with Gasteiger partial charge in [0.05, 0.1) is 31.2 Å². The first-order valence-corrected chi connectivity index (χ1v) is 11.7. The summed E-state index contributed by atoms with van der Waals surface area (Å²) in [7, 11) is 5.01. The van der Waals surface area contributed by atoms with E-state index in [9.17, 15) is 0 Å². The summed E-state index contributed by atoms with van der Waals surface area (Å²) in [4.78, 5) is 0. The predicted octanol–water partition coefficient (Wildman–Crippen LogP) is 8.02. The van der Waals surface area contributed by atoms with Gasteiger partial charge in [-0.3, -0.25) is 0 Å². The molecule has 0 aliphatic heterocycles. The van der Waals surface area contributed by atoms with Crippen LogP contribution in [0, 0.1) is 6.92 Å². The molecule has 0 unspecified atom stereocenters. The largest absolute Gasteiger partial charge is 0.398 e. The Morgan fingerprint density at radius 3 is 2.23 bits per heavy atom. The average molecular weight is 482 g/mol. The molecule has 2 N–H and O–H groups in total. The highest BCUT2D eigenvalue weighted by atomic mass is 16.5. The Morgan fingerprint density at radius 1 is 0.971 bits per heavy atom. The smallest absolute Gasteiger partial charge is 0.0914 e. The van der Waals surface area contributed by atoms with Crippen LogP contribution in [0.3, 0.4) is 0 Å². The van der Waals surface area contributed by atoms with Crippen LogP contribution < -0.4 is 5.73 Å². The Kier molecular flexibility index (Phi) is 17.6. The van der Waals surface area contributed by atoms with E-state index in [2.05, 4.69) is 30.7 Å². The van der Waals surface area contributed by atoms with Crippen molar-refractivity contribution in [2.75, 3.05) is 33.7 Å². The van der Waals surface area contributed by atoms with Crippen LogP contribution in [0.5, 0.6) is 0 Å². The Hall–Kier alpha value is -3.06. The minimum Gasteiger partial charge on any atom is -0.398 e. The number of nitrogens with zero attached hydrogens (tertiary/aromatic N) is 2. The van der Waals surface area contributed by atoms with Crippen LogP contribution in [-0.4, -0.2) is 27.9 Å². The number of nitrogen functional groups attached to an aromatic ring is 1. The summed E-state index contributed by atoms with van der Waals surface area (Å²) in [5, 5.41) is 8.65. The summed E-state index contributed by atoms with van der Waals surface area (Å²) >= 11 is 0. The van der Waals surface area contributed by atoms with E-state index in [-0.39, 0.29) is 0 Å². The van der Waals surface area contributed by atoms with Crippen molar-refractivity contribution in [2.24, 2.45) is 10.2 Å². The van der Waals surface area contributed by atoms with E-state index in [1.807, 2.05) is 69.3 Å². The second-order valence-electron chi connectivity index (χ2n) is 7.57. The van der Waals surface area contributed by atoms with Gasteiger partial charge in [-0.25, -0.2) is 0 Å². The maximum Gasteiger partial charge on any atom is 0.0914 e. The molecule has 2 aromatic rings. The van der Waals surface area contributed by atoms with Gasteiger partial charge in [0.2, 0.25) is 0 Å². The molecule has 0 bridgehead atoms. The molecule has 0 fully saturated rings. The first kappa shape index (κ1) is 31.9. The SMILES string of the molecule is C=C/C=C\C(COC)=C(C)C.CC.COCc1cc(N=Nc2cccc(C)c2COC)ccc1N. The second-order valence-corrected chi connectivity index (χ2v) is 7.57. The standard InChI is InChI=1S/C17H21N3O2.C10H16O.C2H6/c1-12-5-4-6-17(15(12)11-22-3)20-19-14-7-8-16(18)13(9-14)10-21-2;1-5-6-7-10(8-11-4)9(2)3;1-2/h4-9H,10-11,18H2,1-3H3;5-7H,1,8H2,2-4H3;1-2H3/b;7-6-;. The van der Waals surface area contributed by atoms with Crippen LogP contribution in [0.25, 0.3) is 0 Å². The van der Waals surface area contributed by atoms with Gasteiger partial charge in [-0.05, 0) is 56.2 Å². The van der Waals surface area contributed by atoms with Crippen molar-refractivity contribution >= 4 is 17.1 Å². The van der Waals surface area contributed by atoms with E-state index in [0.717, 1.165) is 28.1 Å². The van der Waals surface area contributed by atoms with Crippen LogP contribution in [0.4, 0.5) is 17.1 Å². The van der Waals surface area contributed by atoms with Gasteiger partial charge in [-0.15, -0.1) is 0 Å². The number of hydrogen-bond donors (Lipinski definition) is 1. The third-order valence-corrected chi connectivity index (χ3v) is 4.75. The van der Waals surface area contributed by atoms with Crippen molar-refractivity contribution in [3.8, 4) is 0 Å². The Balaban J connectivity index is 0.000000754. The van der Waals surface area contributed by atoms with Crippen molar-refractivity contribution in [3.63, 3.8) is 0 Å². The predicted molar refractivity (Wildman–Crippen MR) is 149 cm³/mol. The maximum absolute atomic E-state index is 5.90. The van der Waals surface area contributed by atoms with E-state index in [4.69, 9.17) is 19.9 Å². The van der Waals surface area contributed by atoms with Gasteiger partial charge in [-0.1, -0.05) is 56.4 Å². The molecule has 0 aliphatic rings. The average Bonchev–Trinajstić information content (AvgIpc) is 2.85. The number of anilines is 1. The number of methoxy groups -OCH3 is 3. The first-order chi connectivity index (χ1) is 16.9. The van der Waals surface area contributed by atoms with Crippen LogP contribution in [0.2, 0.25) is 0 Å². The number of allylic oxidation sites excluding steroid dienone is 3. The summed E-state index contributed by atoms with van der Waals surface area (Å²) in [5.74, 6) is 0. The van der Waals surface area contributed by atoms with Gasteiger partial charge in [0.15, 0.2) is 0 Å². The van der Waals surface area contributed by atoms with Crippen molar-refractivity contribution in [3.05, 3.63) is 89.0 Å².